The smallest absolute Gasteiger partial charge is 0.146 e. The number of nitrogens with one attached hydrogen (secondary N) is 1. The van der Waals surface area contributed by atoms with Crippen LogP contribution in [0.25, 0.3) is 5.70 Å². The Hall–Kier alpha value is -3.73. The lowest BCUT2D eigenvalue weighted by molar-refractivity contribution is 0.303. The van der Waals surface area contributed by atoms with Crippen LogP contribution >= 0.6 is 0 Å². The molecule has 0 spiro atoms. The molecule has 1 aliphatic heterocycles. The molecule has 0 aromatic heterocycles. The van der Waals surface area contributed by atoms with E-state index in [0.717, 1.165) is 35.4 Å². The molecule has 32 heavy (non-hydrogen) atoms. The van der Waals surface area contributed by atoms with Crippen LogP contribution in [0.3, 0.4) is 0 Å². The van der Waals surface area contributed by atoms with Gasteiger partial charge in [-0.2, -0.15) is 10.2 Å². The van der Waals surface area contributed by atoms with Crippen molar-refractivity contribution in [2.75, 3.05) is 11.7 Å². The molecule has 0 atom stereocenters. The number of rotatable bonds is 9. The average Bonchev–Trinajstić information content (AvgIpc) is 2.85. The molecule has 4 rings (SSSR count). The summed E-state index contributed by atoms with van der Waals surface area (Å²) in [7, 11) is 0. The Kier molecular flexibility index (Phi) is 7.08. The van der Waals surface area contributed by atoms with Gasteiger partial charge in [0, 0.05) is 11.6 Å². The van der Waals surface area contributed by atoms with Gasteiger partial charge in [0.15, 0.2) is 0 Å². The van der Waals surface area contributed by atoms with Crippen molar-refractivity contribution in [1.82, 2.24) is 5.43 Å². The first-order chi connectivity index (χ1) is 15.7. The monoisotopic (exact) mass is 427 g/mol. The molecule has 0 amide bonds. The highest BCUT2D eigenvalue weighted by Gasteiger charge is 2.19. The minimum atomic E-state index is 0.106. The predicted octanol–water partition coefficient (Wildman–Crippen LogP) is 6.12. The highest BCUT2D eigenvalue weighted by Crippen LogP contribution is 2.33. The zero-order valence-electron chi connectivity index (χ0n) is 18.4. The molecule has 0 aliphatic carbocycles. The first-order valence-electron chi connectivity index (χ1n) is 11.2. The zero-order valence-corrected chi connectivity index (χ0v) is 18.4. The van der Waals surface area contributed by atoms with Gasteiger partial charge in [0.05, 0.1) is 18.0 Å². The van der Waals surface area contributed by atoms with E-state index in [9.17, 15) is 5.11 Å². The molecule has 164 valence electrons. The third-order valence-electron chi connectivity index (χ3n) is 5.31. The molecule has 0 bridgehead atoms. The molecule has 1 aliphatic rings. The van der Waals surface area contributed by atoms with Crippen molar-refractivity contribution in [1.29, 1.82) is 0 Å². The number of allylic oxidation sites excluding steroid dienone is 1. The number of phenols is 1. The van der Waals surface area contributed by atoms with E-state index in [-0.39, 0.29) is 5.75 Å². The fourth-order valence-electron chi connectivity index (χ4n) is 3.57. The van der Waals surface area contributed by atoms with Crippen LogP contribution in [0.5, 0.6) is 11.5 Å². The molecule has 0 radical (unpaired) electrons. The molecule has 0 fully saturated rings. The second-order valence-corrected chi connectivity index (χ2v) is 7.76. The van der Waals surface area contributed by atoms with Gasteiger partial charge in [-0.3, -0.25) is 5.43 Å². The van der Waals surface area contributed by atoms with Crippen LogP contribution in [0.1, 0.15) is 43.7 Å². The summed E-state index contributed by atoms with van der Waals surface area (Å²) >= 11 is 0. The Bertz CT molecular complexity index is 1080. The number of hydrogen-bond acceptors (Lipinski definition) is 5. The maximum atomic E-state index is 10.7. The van der Waals surface area contributed by atoms with Crippen molar-refractivity contribution in [3.8, 4) is 11.5 Å². The highest BCUT2D eigenvalue weighted by molar-refractivity contribution is 6.13. The van der Waals surface area contributed by atoms with Crippen molar-refractivity contribution in [3.63, 3.8) is 0 Å². The van der Waals surface area contributed by atoms with Crippen LogP contribution in [0.4, 0.5) is 5.69 Å². The molecule has 5 heteroatoms. The molecule has 0 unspecified atom stereocenters. The number of phenolic OH excluding ortho intramolecular Hbond substituents is 1. The third-order valence-corrected chi connectivity index (χ3v) is 5.31. The minimum absolute atomic E-state index is 0.106. The summed E-state index contributed by atoms with van der Waals surface area (Å²) in [5.41, 5.74) is 7.61. The fourth-order valence-corrected chi connectivity index (χ4v) is 3.57. The van der Waals surface area contributed by atoms with Gasteiger partial charge in [0.2, 0.25) is 0 Å². The molecular formula is C27H29N3O2. The van der Waals surface area contributed by atoms with Crippen LogP contribution in [-0.4, -0.2) is 17.4 Å². The molecule has 1 heterocycles. The number of nitrogens with zero attached hydrogens (tertiary/aromatic N) is 2. The van der Waals surface area contributed by atoms with Crippen molar-refractivity contribution < 1.29 is 9.84 Å². The van der Waals surface area contributed by atoms with E-state index in [1.165, 1.54) is 12.8 Å². The van der Waals surface area contributed by atoms with Gasteiger partial charge in [-0.25, -0.2) is 0 Å². The highest BCUT2D eigenvalue weighted by atomic mass is 16.5. The first-order valence-corrected chi connectivity index (χ1v) is 11.2. The van der Waals surface area contributed by atoms with Crippen molar-refractivity contribution in [3.05, 3.63) is 96.1 Å². The van der Waals surface area contributed by atoms with E-state index >= 15 is 0 Å². The SMILES string of the molecule is CCCCCCOc1ccc(N2N=C(c3ccccc3)C=C(c3ccccc3)N2)c(O)c1. The van der Waals surface area contributed by atoms with Crippen LogP contribution in [0.15, 0.2) is 90.0 Å². The van der Waals surface area contributed by atoms with Gasteiger partial charge in [-0.1, -0.05) is 86.8 Å². The summed E-state index contributed by atoms with van der Waals surface area (Å²) in [4.78, 5) is 0. The lowest BCUT2D eigenvalue weighted by atomic mass is 10.1. The molecule has 0 saturated carbocycles. The second-order valence-electron chi connectivity index (χ2n) is 7.76. The number of hydrazine groups is 1. The summed E-state index contributed by atoms with van der Waals surface area (Å²) in [6, 6.07) is 25.4. The maximum absolute atomic E-state index is 10.7. The number of benzene rings is 3. The van der Waals surface area contributed by atoms with E-state index in [4.69, 9.17) is 9.84 Å². The summed E-state index contributed by atoms with van der Waals surface area (Å²) < 4.78 is 5.81. The van der Waals surface area contributed by atoms with Gasteiger partial charge in [0.1, 0.15) is 17.2 Å². The Morgan fingerprint density at radius 1 is 0.875 bits per heavy atom. The largest absolute Gasteiger partial charge is 0.505 e. The Labute approximate surface area is 189 Å². The van der Waals surface area contributed by atoms with Gasteiger partial charge < -0.3 is 9.84 Å². The van der Waals surface area contributed by atoms with Crippen LogP contribution < -0.4 is 15.3 Å². The Morgan fingerprint density at radius 2 is 1.59 bits per heavy atom. The fraction of sp³-hybridized carbons (Fsp3) is 0.222. The van der Waals surface area contributed by atoms with E-state index in [1.54, 1.807) is 11.2 Å². The Morgan fingerprint density at radius 3 is 2.28 bits per heavy atom. The maximum Gasteiger partial charge on any atom is 0.146 e. The molecule has 0 saturated heterocycles. The topological polar surface area (TPSA) is 57.1 Å². The molecule has 3 aromatic rings. The number of ether oxygens (including phenoxy) is 1. The molecule has 5 nitrogen and oxygen atoms in total. The van der Waals surface area contributed by atoms with Gasteiger partial charge in [-0.15, -0.1) is 0 Å². The van der Waals surface area contributed by atoms with E-state index in [0.29, 0.717) is 18.0 Å². The van der Waals surface area contributed by atoms with E-state index in [1.807, 2.05) is 78.9 Å². The normalized spacial score (nSPS) is 13.2. The predicted molar refractivity (Wildman–Crippen MR) is 131 cm³/mol. The molecular weight excluding hydrogens is 398 g/mol. The summed E-state index contributed by atoms with van der Waals surface area (Å²) in [6.07, 6.45) is 6.60. The Balaban J connectivity index is 1.58. The van der Waals surface area contributed by atoms with Crippen molar-refractivity contribution >= 4 is 17.1 Å². The summed E-state index contributed by atoms with van der Waals surface area (Å²) in [5, 5.41) is 17.1. The zero-order chi connectivity index (χ0) is 22.2. The number of unbranched alkanes of at least 4 members (excludes halogenated alkanes) is 3. The van der Waals surface area contributed by atoms with Crippen LogP contribution in [0.2, 0.25) is 0 Å². The van der Waals surface area contributed by atoms with Gasteiger partial charge in [-0.05, 0) is 30.2 Å². The van der Waals surface area contributed by atoms with Gasteiger partial charge in [0.25, 0.3) is 0 Å². The lowest BCUT2D eigenvalue weighted by Gasteiger charge is -2.28. The number of anilines is 1. The number of hydrogen-bond donors (Lipinski definition) is 2. The van der Waals surface area contributed by atoms with Crippen molar-refractivity contribution in [2.45, 2.75) is 32.6 Å². The average molecular weight is 428 g/mol. The molecule has 3 aromatic carbocycles. The minimum Gasteiger partial charge on any atom is -0.505 e. The summed E-state index contributed by atoms with van der Waals surface area (Å²) in [6.45, 7) is 2.84. The number of aromatic hydroxyl groups is 1. The van der Waals surface area contributed by atoms with Gasteiger partial charge >= 0.3 is 0 Å². The first kappa shape index (κ1) is 21.5. The third kappa shape index (κ3) is 5.30. The van der Waals surface area contributed by atoms with E-state index < -0.39 is 0 Å². The summed E-state index contributed by atoms with van der Waals surface area (Å²) in [5.74, 6) is 0.764. The van der Waals surface area contributed by atoms with Crippen LogP contribution in [0, 0.1) is 0 Å². The van der Waals surface area contributed by atoms with Crippen LogP contribution in [-0.2, 0) is 0 Å². The van der Waals surface area contributed by atoms with E-state index in [2.05, 4.69) is 12.3 Å². The molecule has 2 N–H and O–H groups in total. The standard InChI is InChI=1S/C27H29N3O2/c1-2-3-4-11-18-32-23-16-17-26(27(31)19-23)30-28-24(21-12-7-5-8-13-21)20-25(29-30)22-14-9-6-10-15-22/h5-10,12-17,19-20,28,31H,2-4,11,18H2,1H3. The van der Waals surface area contributed by atoms with Crippen molar-refractivity contribution in [2.24, 2.45) is 5.10 Å². The quantitative estimate of drug-likeness (QED) is 0.404. The lowest BCUT2D eigenvalue weighted by Crippen LogP contribution is -2.36. The number of hydrazone groups is 1. The second kappa shape index (κ2) is 10.5.